The van der Waals surface area contributed by atoms with Gasteiger partial charge in [-0.25, -0.2) is 19.8 Å². The average molecular weight is 524 g/mol. The molecule has 3 aromatic rings. The first-order chi connectivity index (χ1) is 18.2. The molecule has 0 aliphatic heterocycles. The fourth-order valence-electron chi connectivity index (χ4n) is 4.17. The molecule has 8 nitrogen and oxygen atoms in total. The number of anilines is 3. The van der Waals surface area contributed by atoms with Gasteiger partial charge in [-0.2, -0.15) is 0 Å². The maximum Gasteiger partial charge on any atom is 0.274 e. The summed E-state index contributed by atoms with van der Waals surface area (Å²) in [4.78, 5) is 27.8. The lowest BCUT2D eigenvalue weighted by Gasteiger charge is -2.29. The Morgan fingerprint density at radius 1 is 0.947 bits per heavy atom. The van der Waals surface area contributed by atoms with Crippen LogP contribution in [0, 0.1) is 17.7 Å². The summed E-state index contributed by atoms with van der Waals surface area (Å²) >= 11 is 0. The lowest BCUT2D eigenvalue weighted by Crippen LogP contribution is -2.32. The van der Waals surface area contributed by atoms with E-state index in [1.54, 1.807) is 31.6 Å². The van der Waals surface area contributed by atoms with Gasteiger partial charge in [0, 0.05) is 36.7 Å². The van der Waals surface area contributed by atoms with Crippen LogP contribution in [-0.4, -0.2) is 43.2 Å². The largest absolute Gasteiger partial charge is 0.497 e. The predicted octanol–water partition coefficient (Wildman–Crippen LogP) is 5.56. The van der Waals surface area contributed by atoms with E-state index < -0.39 is 0 Å². The topological polar surface area (TPSA) is 88.6 Å². The molecular formula is C29H38FN5O3. The number of benzene rings is 2. The first kappa shape index (κ1) is 28.8. The van der Waals surface area contributed by atoms with E-state index in [1.807, 2.05) is 18.2 Å². The van der Waals surface area contributed by atoms with Crippen molar-refractivity contribution in [3.05, 3.63) is 71.3 Å². The monoisotopic (exact) mass is 523 g/mol. The standard InChI is InChI=1S/C29H38FN5O3/c1-19(2)17-35(18-20(3)4)27-10-9-24(14-26(27)30)33-29-31-15-22(16-32-29)8-7-21-11-23(28(36)34-38-6)13-25(12-21)37-5/h9-16,19-20H,7-8,17-18H2,1-6H3,(H,34,36)(H,31,32,33). The Hall–Kier alpha value is -3.72. The smallest absolute Gasteiger partial charge is 0.274 e. The van der Waals surface area contributed by atoms with Crippen LogP contribution in [-0.2, 0) is 17.7 Å². The van der Waals surface area contributed by atoms with E-state index in [0.717, 1.165) is 24.2 Å². The van der Waals surface area contributed by atoms with Crippen molar-refractivity contribution in [1.29, 1.82) is 0 Å². The Morgan fingerprint density at radius 3 is 2.18 bits per heavy atom. The van der Waals surface area contributed by atoms with Crippen LogP contribution in [0.1, 0.15) is 49.2 Å². The molecule has 0 aliphatic carbocycles. The van der Waals surface area contributed by atoms with Gasteiger partial charge in [-0.05, 0) is 72.2 Å². The van der Waals surface area contributed by atoms with Crippen molar-refractivity contribution in [2.24, 2.45) is 11.8 Å². The first-order valence-electron chi connectivity index (χ1n) is 12.8. The van der Waals surface area contributed by atoms with Crippen LogP contribution in [0.4, 0.5) is 21.7 Å². The molecule has 1 heterocycles. The molecule has 2 aromatic carbocycles. The van der Waals surface area contributed by atoms with Crippen molar-refractivity contribution in [1.82, 2.24) is 15.4 Å². The van der Waals surface area contributed by atoms with Crippen molar-refractivity contribution in [2.75, 3.05) is 37.5 Å². The molecule has 38 heavy (non-hydrogen) atoms. The minimum atomic E-state index is -0.344. The van der Waals surface area contributed by atoms with Gasteiger partial charge < -0.3 is 15.0 Å². The molecule has 0 bridgehead atoms. The average Bonchev–Trinajstić information content (AvgIpc) is 2.87. The third kappa shape index (κ3) is 8.41. The van der Waals surface area contributed by atoms with Gasteiger partial charge in [0.05, 0.1) is 19.9 Å². The number of carbonyl (C=O) groups is 1. The molecule has 3 rings (SSSR count). The second kappa shape index (κ2) is 13.7. The summed E-state index contributed by atoms with van der Waals surface area (Å²) < 4.78 is 20.4. The van der Waals surface area contributed by atoms with Crippen molar-refractivity contribution >= 4 is 23.2 Å². The summed E-state index contributed by atoms with van der Waals surface area (Å²) in [7, 11) is 2.95. The number of rotatable bonds is 13. The number of methoxy groups -OCH3 is 1. The molecule has 9 heteroatoms. The van der Waals surface area contributed by atoms with Crippen molar-refractivity contribution in [3.8, 4) is 5.75 Å². The number of hydrogen-bond donors (Lipinski definition) is 2. The number of hydroxylamine groups is 1. The van der Waals surface area contributed by atoms with Crippen LogP contribution >= 0.6 is 0 Å². The Kier molecular flexibility index (Phi) is 10.4. The van der Waals surface area contributed by atoms with Gasteiger partial charge in [0.1, 0.15) is 11.6 Å². The highest BCUT2D eigenvalue weighted by molar-refractivity contribution is 5.94. The fourth-order valence-corrected chi connectivity index (χ4v) is 4.17. The quantitative estimate of drug-likeness (QED) is 0.284. The van der Waals surface area contributed by atoms with Gasteiger partial charge in [0.2, 0.25) is 5.95 Å². The maximum atomic E-state index is 15.0. The van der Waals surface area contributed by atoms with E-state index in [-0.39, 0.29) is 11.7 Å². The highest BCUT2D eigenvalue weighted by Gasteiger charge is 2.15. The minimum Gasteiger partial charge on any atom is -0.497 e. The molecule has 0 fully saturated rings. The number of aromatic nitrogens is 2. The molecule has 0 saturated heterocycles. The summed E-state index contributed by atoms with van der Waals surface area (Å²) in [5, 5.41) is 3.09. The number of halogens is 1. The number of nitrogens with zero attached hydrogens (tertiary/aromatic N) is 3. The number of ether oxygens (including phenoxy) is 1. The lowest BCUT2D eigenvalue weighted by molar-refractivity contribution is 0.0537. The molecule has 0 radical (unpaired) electrons. The van der Waals surface area contributed by atoms with Gasteiger partial charge in [0.15, 0.2) is 0 Å². The van der Waals surface area contributed by atoms with E-state index in [4.69, 9.17) is 9.57 Å². The highest BCUT2D eigenvalue weighted by atomic mass is 19.1. The van der Waals surface area contributed by atoms with Gasteiger partial charge in [-0.3, -0.25) is 9.63 Å². The Labute approximate surface area is 224 Å². The third-order valence-corrected chi connectivity index (χ3v) is 5.78. The van der Waals surface area contributed by atoms with E-state index in [2.05, 4.69) is 53.4 Å². The van der Waals surface area contributed by atoms with Gasteiger partial charge in [-0.1, -0.05) is 27.7 Å². The molecule has 1 amide bonds. The Balaban J connectivity index is 1.65. The lowest BCUT2D eigenvalue weighted by atomic mass is 10.0. The molecular weight excluding hydrogens is 485 g/mol. The SMILES string of the molecule is CONC(=O)c1cc(CCc2cnc(Nc3ccc(N(CC(C)C)CC(C)C)c(F)c3)nc2)cc(OC)c1. The highest BCUT2D eigenvalue weighted by Crippen LogP contribution is 2.26. The fraction of sp³-hybridized carbons (Fsp3) is 0.414. The molecule has 0 atom stereocenters. The number of nitrogens with one attached hydrogen (secondary N) is 2. The summed E-state index contributed by atoms with van der Waals surface area (Å²) in [6.45, 7) is 10.1. The molecule has 0 saturated carbocycles. The molecule has 2 N–H and O–H groups in total. The van der Waals surface area contributed by atoms with Crippen LogP contribution in [0.15, 0.2) is 48.8 Å². The Bertz CT molecular complexity index is 1190. The first-order valence-corrected chi connectivity index (χ1v) is 12.8. The van der Waals surface area contributed by atoms with Crippen molar-refractivity contribution in [2.45, 2.75) is 40.5 Å². The van der Waals surface area contributed by atoms with Gasteiger partial charge in [0.25, 0.3) is 5.91 Å². The number of hydrogen-bond acceptors (Lipinski definition) is 7. The van der Waals surface area contributed by atoms with E-state index in [1.165, 1.54) is 13.2 Å². The minimum absolute atomic E-state index is 0.273. The number of carbonyl (C=O) groups excluding carboxylic acids is 1. The van der Waals surface area contributed by atoms with Crippen LogP contribution in [0.25, 0.3) is 0 Å². The van der Waals surface area contributed by atoms with Crippen LogP contribution in [0.2, 0.25) is 0 Å². The van der Waals surface area contributed by atoms with Crippen LogP contribution in [0.3, 0.4) is 0 Å². The maximum absolute atomic E-state index is 15.0. The molecule has 0 unspecified atom stereocenters. The van der Waals surface area contributed by atoms with E-state index >= 15 is 4.39 Å². The van der Waals surface area contributed by atoms with Crippen molar-refractivity contribution < 1.29 is 18.8 Å². The molecule has 204 valence electrons. The normalized spacial score (nSPS) is 11.1. The number of aryl methyl sites for hydroxylation is 2. The zero-order valence-corrected chi connectivity index (χ0v) is 23.0. The molecule has 0 aliphatic rings. The van der Waals surface area contributed by atoms with E-state index in [0.29, 0.717) is 53.3 Å². The second-order valence-corrected chi connectivity index (χ2v) is 10.1. The van der Waals surface area contributed by atoms with Crippen LogP contribution < -0.4 is 20.4 Å². The molecule has 0 spiro atoms. The van der Waals surface area contributed by atoms with Gasteiger partial charge in [-0.15, -0.1) is 0 Å². The third-order valence-electron chi connectivity index (χ3n) is 5.78. The Morgan fingerprint density at radius 2 is 1.61 bits per heavy atom. The zero-order chi connectivity index (χ0) is 27.7. The second-order valence-electron chi connectivity index (χ2n) is 10.1. The summed E-state index contributed by atoms with van der Waals surface area (Å²) in [6, 6.07) is 10.5. The number of amides is 1. The van der Waals surface area contributed by atoms with Gasteiger partial charge >= 0.3 is 0 Å². The van der Waals surface area contributed by atoms with E-state index in [9.17, 15) is 4.79 Å². The summed E-state index contributed by atoms with van der Waals surface area (Å²) in [5.74, 6) is 1.22. The summed E-state index contributed by atoms with van der Waals surface area (Å²) in [6.07, 6.45) is 4.82. The molecule has 1 aromatic heterocycles. The summed E-state index contributed by atoms with van der Waals surface area (Å²) in [5.41, 5.74) is 5.83. The predicted molar refractivity (Wildman–Crippen MR) is 148 cm³/mol. The van der Waals surface area contributed by atoms with Crippen LogP contribution in [0.5, 0.6) is 5.75 Å². The zero-order valence-electron chi connectivity index (χ0n) is 23.0. The van der Waals surface area contributed by atoms with Crippen molar-refractivity contribution in [3.63, 3.8) is 0 Å².